The molecule has 24 heavy (non-hydrogen) atoms. The highest BCUT2D eigenvalue weighted by Gasteiger charge is 2.24. The Kier molecular flexibility index (Phi) is 7.25. The molecule has 5 nitrogen and oxygen atoms in total. The maximum Gasteiger partial charge on any atom is 0.143 e. The van der Waals surface area contributed by atoms with E-state index in [1.54, 1.807) is 6.20 Å². The summed E-state index contributed by atoms with van der Waals surface area (Å²) in [6, 6.07) is 4.78. The molecule has 0 aromatic carbocycles. The molecule has 0 aliphatic carbocycles. The molecule has 1 aromatic rings. The first kappa shape index (κ1) is 18.5. The van der Waals surface area contributed by atoms with Gasteiger partial charge in [-0.25, -0.2) is 4.99 Å². The van der Waals surface area contributed by atoms with E-state index in [-0.39, 0.29) is 0 Å². The molecule has 0 radical (unpaired) electrons. The first-order valence-corrected chi connectivity index (χ1v) is 8.95. The molecule has 132 valence electrons. The zero-order valence-corrected chi connectivity index (χ0v) is 15.3. The highest BCUT2D eigenvalue weighted by molar-refractivity contribution is 5.58. The van der Waals surface area contributed by atoms with E-state index in [1.165, 1.54) is 18.4 Å². The molecular weight excluding hydrogens is 298 g/mol. The molecule has 1 fully saturated rings. The Morgan fingerprint density at radius 2 is 2.38 bits per heavy atom. The molecule has 2 rings (SSSR count). The SMILES string of the molecule is CCC/C=N\C(=C/N)N1CCC[C@H](N(C)Cc2ccnc(C)c2)C1. The zero-order chi connectivity index (χ0) is 17.4. The van der Waals surface area contributed by atoms with E-state index < -0.39 is 0 Å². The van der Waals surface area contributed by atoms with Gasteiger partial charge >= 0.3 is 0 Å². The van der Waals surface area contributed by atoms with Gasteiger partial charge in [-0.3, -0.25) is 9.88 Å². The van der Waals surface area contributed by atoms with Crippen LogP contribution >= 0.6 is 0 Å². The molecular formula is C19H31N5. The molecule has 0 amide bonds. The summed E-state index contributed by atoms with van der Waals surface area (Å²) in [6.45, 7) is 7.16. The Labute approximate surface area is 146 Å². The number of hydrogen-bond acceptors (Lipinski definition) is 5. The summed E-state index contributed by atoms with van der Waals surface area (Å²) in [4.78, 5) is 13.6. The van der Waals surface area contributed by atoms with Crippen LogP contribution in [-0.2, 0) is 6.54 Å². The summed E-state index contributed by atoms with van der Waals surface area (Å²) in [6.07, 6.45) is 10.0. The van der Waals surface area contributed by atoms with Crippen molar-refractivity contribution in [3.05, 3.63) is 41.6 Å². The Hall–Kier alpha value is -1.88. The van der Waals surface area contributed by atoms with Crippen molar-refractivity contribution in [3.63, 3.8) is 0 Å². The highest BCUT2D eigenvalue weighted by Crippen LogP contribution is 2.20. The minimum Gasteiger partial charge on any atom is -0.402 e. The number of piperidine rings is 1. The number of rotatable bonds is 7. The van der Waals surface area contributed by atoms with Gasteiger partial charge in [0.25, 0.3) is 0 Å². The van der Waals surface area contributed by atoms with E-state index >= 15 is 0 Å². The zero-order valence-electron chi connectivity index (χ0n) is 15.3. The predicted octanol–water partition coefficient (Wildman–Crippen LogP) is 2.91. The van der Waals surface area contributed by atoms with Gasteiger partial charge in [-0.1, -0.05) is 13.3 Å². The smallest absolute Gasteiger partial charge is 0.143 e. The van der Waals surface area contributed by atoms with Crippen LogP contribution in [0.5, 0.6) is 0 Å². The van der Waals surface area contributed by atoms with E-state index in [9.17, 15) is 0 Å². The summed E-state index contributed by atoms with van der Waals surface area (Å²) in [5, 5.41) is 0. The Bertz CT molecular complexity index is 567. The van der Waals surface area contributed by atoms with Crippen molar-refractivity contribution in [1.82, 2.24) is 14.8 Å². The van der Waals surface area contributed by atoms with Crippen molar-refractivity contribution in [2.24, 2.45) is 10.7 Å². The van der Waals surface area contributed by atoms with Crippen LogP contribution in [0.2, 0.25) is 0 Å². The van der Waals surface area contributed by atoms with Crippen LogP contribution in [0.15, 0.2) is 35.3 Å². The quantitative estimate of drug-likeness (QED) is 0.782. The summed E-state index contributed by atoms with van der Waals surface area (Å²) in [5.74, 6) is 0.904. The molecule has 2 N–H and O–H groups in total. The van der Waals surface area contributed by atoms with Gasteiger partial charge in [0, 0.05) is 50.0 Å². The molecule has 0 bridgehead atoms. The third-order valence-electron chi connectivity index (χ3n) is 4.53. The van der Waals surface area contributed by atoms with E-state index in [1.807, 2.05) is 19.3 Å². The average Bonchev–Trinajstić information content (AvgIpc) is 2.59. The standard InChI is InChI=1S/C19H31N5/c1-4-5-9-22-19(13-20)24-11-6-7-18(15-24)23(3)14-17-8-10-21-16(2)12-17/h8-10,12-13,18H,4-7,11,14-15,20H2,1-3H3/b19-13+,22-9-/t18-/m0/s1. The summed E-state index contributed by atoms with van der Waals surface area (Å²) < 4.78 is 0. The predicted molar refractivity (Wildman–Crippen MR) is 101 cm³/mol. The van der Waals surface area contributed by atoms with Gasteiger partial charge in [0.1, 0.15) is 5.82 Å². The van der Waals surface area contributed by atoms with Crippen LogP contribution in [0.3, 0.4) is 0 Å². The third-order valence-corrected chi connectivity index (χ3v) is 4.53. The minimum absolute atomic E-state index is 0.517. The van der Waals surface area contributed by atoms with Gasteiger partial charge in [-0.05, 0) is 50.9 Å². The Balaban J connectivity index is 1.96. The fourth-order valence-electron chi connectivity index (χ4n) is 3.16. The maximum atomic E-state index is 5.81. The van der Waals surface area contributed by atoms with Crippen LogP contribution in [0, 0.1) is 6.92 Å². The van der Waals surface area contributed by atoms with Crippen LogP contribution < -0.4 is 5.73 Å². The number of aliphatic imine (C=N–C) groups is 1. The van der Waals surface area contributed by atoms with E-state index in [0.29, 0.717) is 6.04 Å². The van der Waals surface area contributed by atoms with E-state index in [4.69, 9.17) is 5.73 Å². The van der Waals surface area contributed by atoms with Crippen LogP contribution in [0.1, 0.15) is 43.9 Å². The van der Waals surface area contributed by atoms with Crippen LogP contribution in [0.4, 0.5) is 0 Å². The molecule has 0 spiro atoms. The Morgan fingerprint density at radius 1 is 1.54 bits per heavy atom. The van der Waals surface area contributed by atoms with Crippen molar-refractivity contribution in [2.45, 2.75) is 52.1 Å². The number of likely N-dealkylation sites (tertiary alicyclic amines) is 1. The van der Waals surface area contributed by atoms with Crippen molar-refractivity contribution in [3.8, 4) is 0 Å². The molecule has 0 saturated carbocycles. The fourth-order valence-corrected chi connectivity index (χ4v) is 3.16. The molecule has 1 saturated heterocycles. The second kappa shape index (κ2) is 9.42. The molecule has 1 aliphatic rings. The second-order valence-corrected chi connectivity index (χ2v) is 6.59. The monoisotopic (exact) mass is 329 g/mol. The van der Waals surface area contributed by atoms with Crippen molar-refractivity contribution < 1.29 is 0 Å². The van der Waals surface area contributed by atoms with Gasteiger partial charge in [-0.15, -0.1) is 0 Å². The lowest BCUT2D eigenvalue weighted by molar-refractivity contribution is 0.132. The number of likely N-dealkylation sites (N-methyl/N-ethyl adjacent to an activating group) is 1. The third kappa shape index (κ3) is 5.34. The Morgan fingerprint density at radius 3 is 3.08 bits per heavy atom. The van der Waals surface area contributed by atoms with E-state index in [0.717, 1.165) is 44.0 Å². The lowest BCUT2D eigenvalue weighted by atomic mass is 10.0. The topological polar surface area (TPSA) is 57.8 Å². The lowest BCUT2D eigenvalue weighted by Gasteiger charge is -2.38. The molecule has 1 aromatic heterocycles. The van der Waals surface area contributed by atoms with Crippen molar-refractivity contribution >= 4 is 6.21 Å². The van der Waals surface area contributed by atoms with Crippen LogP contribution in [-0.4, -0.2) is 47.2 Å². The lowest BCUT2D eigenvalue weighted by Crippen LogP contribution is -2.45. The number of nitrogens with zero attached hydrogens (tertiary/aromatic N) is 4. The normalized spacial score (nSPS) is 19.4. The highest BCUT2D eigenvalue weighted by atomic mass is 15.3. The minimum atomic E-state index is 0.517. The van der Waals surface area contributed by atoms with Crippen molar-refractivity contribution in [2.75, 3.05) is 20.1 Å². The van der Waals surface area contributed by atoms with Gasteiger partial charge in [0.05, 0.1) is 0 Å². The number of pyridine rings is 1. The van der Waals surface area contributed by atoms with Crippen molar-refractivity contribution in [1.29, 1.82) is 0 Å². The molecule has 5 heteroatoms. The van der Waals surface area contributed by atoms with Gasteiger partial charge < -0.3 is 10.6 Å². The largest absolute Gasteiger partial charge is 0.402 e. The van der Waals surface area contributed by atoms with Gasteiger partial charge in [0.2, 0.25) is 0 Å². The van der Waals surface area contributed by atoms with Gasteiger partial charge in [0.15, 0.2) is 0 Å². The van der Waals surface area contributed by atoms with Gasteiger partial charge in [-0.2, -0.15) is 0 Å². The first-order valence-electron chi connectivity index (χ1n) is 8.95. The summed E-state index contributed by atoms with van der Waals surface area (Å²) in [5.41, 5.74) is 8.20. The fraction of sp³-hybridized carbons (Fsp3) is 0.579. The number of hydrogen-bond donors (Lipinski definition) is 1. The number of nitrogens with two attached hydrogens (primary N) is 1. The number of unbranched alkanes of at least 4 members (excludes halogenated alkanes) is 1. The number of aryl methyl sites for hydroxylation is 1. The summed E-state index contributed by atoms with van der Waals surface area (Å²) >= 11 is 0. The molecule has 1 aliphatic heterocycles. The molecule has 2 heterocycles. The molecule has 1 atom stereocenters. The maximum absolute atomic E-state index is 5.81. The number of aromatic nitrogens is 1. The molecule has 0 unspecified atom stereocenters. The summed E-state index contributed by atoms with van der Waals surface area (Å²) in [7, 11) is 2.20. The van der Waals surface area contributed by atoms with E-state index in [2.05, 4.69) is 45.9 Å². The first-order chi connectivity index (χ1) is 11.6. The second-order valence-electron chi connectivity index (χ2n) is 6.59. The average molecular weight is 329 g/mol. The van der Waals surface area contributed by atoms with Crippen LogP contribution in [0.25, 0.3) is 0 Å².